The van der Waals surface area contributed by atoms with Crippen molar-refractivity contribution in [3.05, 3.63) is 42.5 Å². The minimum absolute atomic E-state index is 0.606. The number of nitrogens with zero attached hydrogens (tertiary/aromatic N) is 1. The maximum atomic E-state index is 5.19. The van der Waals surface area contributed by atoms with Gasteiger partial charge in [-0.05, 0) is 18.1 Å². The van der Waals surface area contributed by atoms with Gasteiger partial charge in [0.15, 0.2) is 0 Å². The highest BCUT2D eigenvalue weighted by Gasteiger charge is 2.21. The Hall–Kier alpha value is -1.32. The molecule has 0 saturated heterocycles. The van der Waals surface area contributed by atoms with Gasteiger partial charge in [0.05, 0.1) is 6.61 Å². The second kappa shape index (κ2) is 7.31. The van der Waals surface area contributed by atoms with Crippen molar-refractivity contribution in [3.8, 4) is 0 Å². The van der Waals surface area contributed by atoms with E-state index >= 15 is 0 Å². The predicted octanol–water partition coefficient (Wildman–Crippen LogP) is 2.72. The lowest BCUT2D eigenvalue weighted by Crippen LogP contribution is -2.34. The predicted molar refractivity (Wildman–Crippen MR) is 80.8 cm³/mol. The summed E-state index contributed by atoms with van der Waals surface area (Å²) in [5.74, 6) is 0.606. The Balaban J connectivity index is 2.03. The average molecular weight is 260 g/mol. The third-order valence-corrected chi connectivity index (χ3v) is 3.69. The number of hydrogen-bond donors (Lipinski definition) is 1. The summed E-state index contributed by atoms with van der Waals surface area (Å²) >= 11 is 0. The van der Waals surface area contributed by atoms with Crippen molar-refractivity contribution in [1.29, 1.82) is 0 Å². The monoisotopic (exact) mass is 260 g/mol. The lowest BCUT2D eigenvalue weighted by Gasteiger charge is -2.31. The van der Waals surface area contributed by atoms with Crippen LogP contribution in [-0.2, 0) is 4.74 Å². The quantitative estimate of drug-likeness (QED) is 0.763. The molecule has 3 heteroatoms. The molecule has 19 heavy (non-hydrogen) atoms. The molecule has 104 valence electrons. The van der Waals surface area contributed by atoms with Crippen LogP contribution in [0.5, 0.6) is 0 Å². The topological polar surface area (TPSA) is 24.5 Å². The fraction of sp³-hybridized carbons (Fsp3) is 0.500. The van der Waals surface area contributed by atoms with Crippen LogP contribution < -0.4 is 5.32 Å². The van der Waals surface area contributed by atoms with Crippen LogP contribution in [0.2, 0.25) is 0 Å². The summed E-state index contributed by atoms with van der Waals surface area (Å²) in [5, 5.41) is 3.48. The zero-order chi connectivity index (χ0) is 13.5. The number of anilines is 1. The molecule has 1 heterocycles. The number of ether oxygens (including phenoxy) is 1. The van der Waals surface area contributed by atoms with E-state index in [-0.39, 0.29) is 0 Å². The molecule has 1 unspecified atom stereocenters. The lowest BCUT2D eigenvalue weighted by atomic mass is 9.90. The van der Waals surface area contributed by atoms with Crippen molar-refractivity contribution in [3.63, 3.8) is 0 Å². The molecular weight excluding hydrogens is 236 g/mol. The van der Waals surface area contributed by atoms with Gasteiger partial charge in [0.2, 0.25) is 0 Å². The van der Waals surface area contributed by atoms with Gasteiger partial charge in [-0.3, -0.25) is 4.90 Å². The van der Waals surface area contributed by atoms with Gasteiger partial charge in [-0.2, -0.15) is 0 Å². The summed E-state index contributed by atoms with van der Waals surface area (Å²) in [5.41, 5.74) is 2.74. The smallest absolute Gasteiger partial charge is 0.0589 e. The molecule has 0 aliphatic carbocycles. The van der Waals surface area contributed by atoms with Gasteiger partial charge in [-0.15, -0.1) is 6.58 Å². The Morgan fingerprint density at radius 3 is 3.11 bits per heavy atom. The first-order chi connectivity index (χ1) is 9.35. The van der Waals surface area contributed by atoms with Gasteiger partial charge in [0.1, 0.15) is 0 Å². The molecule has 1 aromatic carbocycles. The van der Waals surface area contributed by atoms with Crippen molar-refractivity contribution in [1.82, 2.24) is 4.90 Å². The maximum absolute atomic E-state index is 5.19. The van der Waals surface area contributed by atoms with Crippen LogP contribution in [0.4, 0.5) is 5.69 Å². The van der Waals surface area contributed by atoms with Gasteiger partial charge >= 0.3 is 0 Å². The van der Waals surface area contributed by atoms with Crippen molar-refractivity contribution in [2.75, 3.05) is 45.2 Å². The summed E-state index contributed by atoms with van der Waals surface area (Å²) in [7, 11) is 1.76. The van der Waals surface area contributed by atoms with E-state index in [4.69, 9.17) is 4.74 Å². The lowest BCUT2D eigenvalue weighted by molar-refractivity contribution is 0.150. The minimum Gasteiger partial charge on any atom is -0.385 e. The molecule has 1 aliphatic heterocycles. The van der Waals surface area contributed by atoms with Crippen LogP contribution >= 0.6 is 0 Å². The first-order valence-electron chi connectivity index (χ1n) is 7.00. The maximum Gasteiger partial charge on any atom is 0.0589 e. The van der Waals surface area contributed by atoms with Gasteiger partial charge in [-0.1, -0.05) is 24.3 Å². The minimum atomic E-state index is 0.606. The third kappa shape index (κ3) is 3.82. The van der Waals surface area contributed by atoms with Crippen LogP contribution in [0, 0.1) is 0 Å². The number of rotatable bonds is 7. The van der Waals surface area contributed by atoms with E-state index in [1.165, 1.54) is 17.7 Å². The molecule has 0 fully saturated rings. The van der Waals surface area contributed by atoms with Crippen LogP contribution in [-0.4, -0.2) is 44.8 Å². The number of para-hydroxylation sites is 1. The molecule has 1 aliphatic rings. The molecule has 1 aromatic rings. The first kappa shape index (κ1) is 14.1. The van der Waals surface area contributed by atoms with Gasteiger partial charge in [-0.25, -0.2) is 0 Å². The largest absolute Gasteiger partial charge is 0.385 e. The van der Waals surface area contributed by atoms with E-state index in [9.17, 15) is 0 Å². The normalized spacial score (nSPS) is 17.9. The van der Waals surface area contributed by atoms with Crippen molar-refractivity contribution in [2.24, 2.45) is 0 Å². The first-order valence-corrected chi connectivity index (χ1v) is 7.00. The number of fused-ring (bicyclic) bond motifs is 1. The fourth-order valence-electron chi connectivity index (χ4n) is 2.71. The molecule has 0 radical (unpaired) electrons. The van der Waals surface area contributed by atoms with Crippen molar-refractivity contribution < 1.29 is 4.74 Å². The Morgan fingerprint density at radius 2 is 2.32 bits per heavy atom. The molecule has 0 saturated carbocycles. The third-order valence-electron chi connectivity index (χ3n) is 3.69. The standard InChI is InChI=1S/C16H24N2O/c1-3-10-18(11-12-19-2)13-14-8-9-17-16-7-5-4-6-15(14)16/h3-7,14,17H,1,8-13H2,2H3. The number of methoxy groups -OCH3 is 1. The number of benzene rings is 1. The second-order valence-electron chi connectivity index (χ2n) is 5.04. The van der Waals surface area contributed by atoms with Crippen LogP contribution in [0.15, 0.2) is 36.9 Å². The SMILES string of the molecule is C=CCN(CCOC)CC1CCNc2ccccc21. The Kier molecular flexibility index (Phi) is 5.43. The average Bonchev–Trinajstić information content (AvgIpc) is 2.45. The van der Waals surface area contributed by atoms with Crippen molar-refractivity contribution in [2.45, 2.75) is 12.3 Å². The summed E-state index contributed by atoms with van der Waals surface area (Å²) in [6, 6.07) is 8.65. The molecular formula is C16H24N2O. The summed E-state index contributed by atoms with van der Waals surface area (Å²) < 4.78 is 5.19. The highest BCUT2D eigenvalue weighted by atomic mass is 16.5. The molecule has 1 N–H and O–H groups in total. The van der Waals surface area contributed by atoms with Crippen LogP contribution in [0.1, 0.15) is 17.9 Å². The molecule has 0 spiro atoms. The summed E-state index contributed by atoms with van der Waals surface area (Å²) in [4.78, 5) is 2.42. The van der Waals surface area contributed by atoms with Crippen molar-refractivity contribution >= 4 is 5.69 Å². The van der Waals surface area contributed by atoms with Crippen LogP contribution in [0.25, 0.3) is 0 Å². The summed E-state index contributed by atoms with van der Waals surface area (Å²) in [6.45, 7) is 8.66. The van der Waals surface area contributed by atoms with E-state index in [1.807, 2.05) is 6.08 Å². The number of hydrogen-bond acceptors (Lipinski definition) is 3. The highest BCUT2D eigenvalue weighted by molar-refractivity contribution is 5.54. The van der Waals surface area contributed by atoms with Gasteiger partial charge in [0.25, 0.3) is 0 Å². The van der Waals surface area contributed by atoms with Gasteiger partial charge in [0, 0.05) is 44.9 Å². The van der Waals surface area contributed by atoms with Crippen LogP contribution in [0.3, 0.4) is 0 Å². The van der Waals surface area contributed by atoms with E-state index in [0.717, 1.165) is 32.8 Å². The zero-order valence-corrected chi connectivity index (χ0v) is 11.8. The zero-order valence-electron chi connectivity index (χ0n) is 11.8. The van der Waals surface area contributed by atoms with E-state index in [0.29, 0.717) is 5.92 Å². The Bertz CT molecular complexity index is 405. The molecule has 0 amide bonds. The van der Waals surface area contributed by atoms with Gasteiger partial charge < -0.3 is 10.1 Å². The van der Waals surface area contributed by atoms with E-state index in [1.54, 1.807) is 7.11 Å². The highest BCUT2D eigenvalue weighted by Crippen LogP contribution is 2.31. The van der Waals surface area contributed by atoms with E-state index < -0.39 is 0 Å². The summed E-state index contributed by atoms with van der Waals surface area (Å²) in [6.07, 6.45) is 3.17. The van der Waals surface area contributed by atoms with E-state index in [2.05, 4.69) is 41.1 Å². The molecule has 2 rings (SSSR count). The Labute approximate surface area is 116 Å². The second-order valence-corrected chi connectivity index (χ2v) is 5.04. The Morgan fingerprint density at radius 1 is 1.47 bits per heavy atom. The molecule has 0 bridgehead atoms. The number of nitrogens with one attached hydrogen (secondary N) is 1. The molecule has 0 aromatic heterocycles. The fourth-order valence-corrected chi connectivity index (χ4v) is 2.71. The molecule has 3 nitrogen and oxygen atoms in total. The molecule has 1 atom stereocenters.